The van der Waals surface area contributed by atoms with Crippen molar-refractivity contribution in [3.63, 3.8) is 0 Å². The zero-order valence-corrected chi connectivity index (χ0v) is 16.2. The number of aryl methyl sites for hydroxylation is 1. The number of sulfonamides is 1. The smallest absolute Gasteiger partial charge is 0.261 e. The van der Waals surface area contributed by atoms with Gasteiger partial charge >= 0.3 is 0 Å². The molecule has 1 saturated carbocycles. The van der Waals surface area contributed by atoms with Crippen molar-refractivity contribution in [2.45, 2.75) is 43.0 Å². The maximum absolute atomic E-state index is 12.7. The van der Waals surface area contributed by atoms with Gasteiger partial charge < -0.3 is 11.1 Å². The number of anilines is 1. The van der Waals surface area contributed by atoms with Crippen LogP contribution >= 0.6 is 0 Å². The predicted octanol–water partition coefficient (Wildman–Crippen LogP) is 2.80. The van der Waals surface area contributed by atoms with Crippen LogP contribution in [0.2, 0.25) is 0 Å². The molecule has 1 amide bonds. The van der Waals surface area contributed by atoms with Crippen LogP contribution in [0.15, 0.2) is 53.4 Å². The van der Waals surface area contributed by atoms with Gasteiger partial charge in [-0.2, -0.15) is 0 Å². The fraction of sp³-hybridized carbons (Fsp3) is 0.350. The number of amides is 1. The second-order valence-electron chi connectivity index (χ2n) is 7.15. The molecule has 0 bridgehead atoms. The standard InChI is InChI=1S/C20H25N3O3S/c1-15-7-9-17(10-8-15)23-27(25,26)18-6-4-5-16(13-18)19(24)22-20(14-21)11-2-3-12-20/h4-10,13,23H,2-3,11-12,14,21H2,1H3,(H,22,24). The summed E-state index contributed by atoms with van der Waals surface area (Å²) in [6, 6.07) is 13.1. The van der Waals surface area contributed by atoms with Crippen LogP contribution in [0.25, 0.3) is 0 Å². The molecule has 0 aromatic heterocycles. The second kappa shape index (κ2) is 7.70. The lowest BCUT2D eigenvalue weighted by atomic mass is 9.97. The molecule has 0 radical (unpaired) electrons. The Morgan fingerprint density at radius 2 is 1.78 bits per heavy atom. The summed E-state index contributed by atoms with van der Waals surface area (Å²) in [7, 11) is -3.78. The quantitative estimate of drug-likeness (QED) is 0.709. The molecule has 3 rings (SSSR count). The molecule has 1 aliphatic rings. The van der Waals surface area contributed by atoms with E-state index in [2.05, 4.69) is 10.0 Å². The van der Waals surface area contributed by atoms with E-state index in [1.54, 1.807) is 24.3 Å². The molecule has 2 aromatic rings. The van der Waals surface area contributed by atoms with Gasteiger partial charge in [-0.3, -0.25) is 9.52 Å². The first-order valence-corrected chi connectivity index (χ1v) is 10.5. The summed E-state index contributed by atoms with van der Waals surface area (Å²) in [6.45, 7) is 2.31. The molecule has 0 heterocycles. The Kier molecular flexibility index (Phi) is 5.53. The van der Waals surface area contributed by atoms with Gasteiger partial charge in [0.25, 0.3) is 15.9 Å². The van der Waals surface area contributed by atoms with Gasteiger partial charge in [0, 0.05) is 17.8 Å². The summed E-state index contributed by atoms with van der Waals surface area (Å²) in [6.07, 6.45) is 3.77. The molecular weight excluding hydrogens is 362 g/mol. The first-order valence-electron chi connectivity index (χ1n) is 9.06. The third kappa shape index (κ3) is 4.48. The molecule has 2 aromatic carbocycles. The number of benzene rings is 2. The van der Waals surface area contributed by atoms with Crippen LogP contribution in [0.1, 0.15) is 41.6 Å². The molecule has 0 saturated heterocycles. The summed E-state index contributed by atoms with van der Waals surface area (Å²) in [5.41, 5.74) is 7.31. The molecular formula is C20H25N3O3S. The highest BCUT2D eigenvalue weighted by molar-refractivity contribution is 7.92. The molecule has 0 atom stereocenters. The van der Waals surface area contributed by atoms with Crippen LogP contribution in [0.5, 0.6) is 0 Å². The molecule has 0 spiro atoms. The average Bonchev–Trinajstić information content (AvgIpc) is 3.12. The van der Waals surface area contributed by atoms with E-state index in [0.29, 0.717) is 17.8 Å². The number of carbonyl (C=O) groups excluding carboxylic acids is 1. The molecule has 0 aliphatic heterocycles. The minimum atomic E-state index is -3.78. The minimum Gasteiger partial charge on any atom is -0.345 e. The zero-order valence-electron chi connectivity index (χ0n) is 15.4. The highest BCUT2D eigenvalue weighted by Crippen LogP contribution is 2.29. The van der Waals surface area contributed by atoms with Crippen molar-refractivity contribution in [3.8, 4) is 0 Å². The maximum atomic E-state index is 12.7. The van der Waals surface area contributed by atoms with E-state index in [0.717, 1.165) is 31.2 Å². The molecule has 1 aliphatic carbocycles. The first-order chi connectivity index (χ1) is 12.8. The molecule has 1 fully saturated rings. The van der Waals surface area contributed by atoms with Crippen LogP contribution in [0.4, 0.5) is 5.69 Å². The van der Waals surface area contributed by atoms with Gasteiger partial charge in [-0.05, 0) is 50.1 Å². The van der Waals surface area contributed by atoms with Crippen LogP contribution < -0.4 is 15.8 Å². The van der Waals surface area contributed by atoms with Crippen molar-refractivity contribution in [1.29, 1.82) is 0 Å². The molecule has 4 N–H and O–H groups in total. The molecule has 0 unspecified atom stereocenters. The molecule has 144 valence electrons. The van der Waals surface area contributed by atoms with Crippen LogP contribution in [-0.2, 0) is 10.0 Å². The lowest BCUT2D eigenvalue weighted by Gasteiger charge is -2.28. The average molecular weight is 388 g/mol. The van der Waals surface area contributed by atoms with Crippen LogP contribution in [0, 0.1) is 6.92 Å². The van der Waals surface area contributed by atoms with Gasteiger partial charge in [0.2, 0.25) is 0 Å². The largest absolute Gasteiger partial charge is 0.345 e. The number of nitrogens with one attached hydrogen (secondary N) is 2. The zero-order chi connectivity index (χ0) is 19.5. The fourth-order valence-electron chi connectivity index (χ4n) is 3.39. The summed E-state index contributed by atoms with van der Waals surface area (Å²) in [5, 5.41) is 3.01. The Bertz CT molecular complexity index is 918. The minimum absolute atomic E-state index is 0.0453. The topological polar surface area (TPSA) is 101 Å². The molecule has 27 heavy (non-hydrogen) atoms. The molecule has 7 heteroatoms. The van der Waals surface area contributed by atoms with Gasteiger partial charge in [0.05, 0.1) is 10.4 Å². The van der Waals surface area contributed by atoms with E-state index in [9.17, 15) is 13.2 Å². The normalized spacial score (nSPS) is 16.1. The predicted molar refractivity (Wildman–Crippen MR) is 106 cm³/mol. The van der Waals surface area contributed by atoms with Crippen molar-refractivity contribution >= 4 is 21.6 Å². The van der Waals surface area contributed by atoms with Gasteiger partial charge in [-0.15, -0.1) is 0 Å². The van der Waals surface area contributed by atoms with Crippen molar-refractivity contribution in [3.05, 3.63) is 59.7 Å². The van der Waals surface area contributed by atoms with Crippen LogP contribution in [-0.4, -0.2) is 26.4 Å². The van der Waals surface area contributed by atoms with Gasteiger partial charge in [-0.1, -0.05) is 36.6 Å². The number of rotatable bonds is 6. The summed E-state index contributed by atoms with van der Waals surface area (Å²) < 4.78 is 27.9. The van der Waals surface area contributed by atoms with Crippen molar-refractivity contribution in [2.75, 3.05) is 11.3 Å². The summed E-state index contributed by atoms with van der Waals surface area (Å²) in [5.74, 6) is -0.297. The van der Waals surface area contributed by atoms with Crippen molar-refractivity contribution < 1.29 is 13.2 Å². The Balaban J connectivity index is 1.79. The fourth-order valence-corrected chi connectivity index (χ4v) is 4.49. The Morgan fingerprint density at radius 3 is 2.41 bits per heavy atom. The Hall–Kier alpha value is -2.38. The number of hydrogen-bond donors (Lipinski definition) is 3. The van der Waals surface area contributed by atoms with E-state index in [-0.39, 0.29) is 16.3 Å². The van der Waals surface area contributed by atoms with Gasteiger partial charge in [0.15, 0.2) is 0 Å². The van der Waals surface area contributed by atoms with E-state index in [4.69, 9.17) is 5.73 Å². The lowest BCUT2D eigenvalue weighted by molar-refractivity contribution is 0.0903. The third-order valence-corrected chi connectivity index (χ3v) is 6.42. The third-order valence-electron chi connectivity index (χ3n) is 5.04. The Labute approximate surface area is 160 Å². The second-order valence-corrected chi connectivity index (χ2v) is 8.83. The summed E-state index contributed by atoms with van der Waals surface area (Å²) >= 11 is 0. The number of hydrogen-bond acceptors (Lipinski definition) is 4. The van der Waals surface area contributed by atoms with E-state index >= 15 is 0 Å². The summed E-state index contributed by atoms with van der Waals surface area (Å²) in [4.78, 5) is 12.7. The highest BCUT2D eigenvalue weighted by Gasteiger charge is 2.34. The SMILES string of the molecule is Cc1ccc(NS(=O)(=O)c2cccc(C(=O)NC3(CN)CCCC3)c2)cc1. The maximum Gasteiger partial charge on any atom is 0.261 e. The lowest BCUT2D eigenvalue weighted by Crippen LogP contribution is -2.51. The first kappa shape index (κ1) is 19.4. The van der Waals surface area contributed by atoms with Gasteiger partial charge in [-0.25, -0.2) is 8.42 Å². The Morgan fingerprint density at radius 1 is 1.11 bits per heavy atom. The number of nitrogens with two attached hydrogens (primary N) is 1. The van der Waals surface area contributed by atoms with Crippen LogP contribution in [0.3, 0.4) is 0 Å². The van der Waals surface area contributed by atoms with Crippen molar-refractivity contribution in [2.24, 2.45) is 5.73 Å². The van der Waals surface area contributed by atoms with E-state index in [1.165, 1.54) is 12.1 Å². The van der Waals surface area contributed by atoms with Gasteiger partial charge in [0.1, 0.15) is 0 Å². The highest BCUT2D eigenvalue weighted by atomic mass is 32.2. The number of carbonyl (C=O) groups is 1. The monoisotopic (exact) mass is 387 g/mol. The van der Waals surface area contributed by atoms with Crippen molar-refractivity contribution in [1.82, 2.24) is 5.32 Å². The van der Waals surface area contributed by atoms with E-state index in [1.807, 2.05) is 19.1 Å². The molecule has 6 nitrogen and oxygen atoms in total. The van der Waals surface area contributed by atoms with E-state index < -0.39 is 10.0 Å².